The van der Waals surface area contributed by atoms with Gasteiger partial charge < -0.3 is 4.90 Å². The van der Waals surface area contributed by atoms with Crippen LogP contribution in [0.5, 0.6) is 0 Å². The summed E-state index contributed by atoms with van der Waals surface area (Å²) < 4.78 is 0. The summed E-state index contributed by atoms with van der Waals surface area (Å²) in [5.74, 6) is 1.11. The van der Waals surface area contributed by atoms with Gasteiger partial charge in [0.25, 0.3) is 0 Å². The molecular formula is C13H21BrNO. The molecule has 0 aromatic rings. The number of hydrogen-bond donors (Lipinski definition) is 0. The van der Waals surface area contributed by atoms with Crippen LogP contribution >= 0.6 is 15.9 Å². The lowest BCUT2D eigenvalue weighted by Crippen LogP contribution is -2.52. The normalized spacial score (nSPS) is 32.4. The maximum atomic E-state index is 12.0. The van der Waals surface area contributed by atoms with Crippen molar-refractivity contribution in [2.45, 2.75) is 62.4 Å². The number of rotatable bonds is 3. The minimum absolute atomic E-state index is 0.211. The van der Waals surface area contributed by atoms with Crippen molar-refractivity contribution in [3.05, 3.63) is 6.92 Å². The Kier molecular flexibility index (Phi) is 4.28. The summed E-state index contributed by atoms with van der Waals surface area (Å²) in [7, 11) is 0. The van der Waals surface area contributed by atoms with Crippen molar-refractivity contribution in [1.82, 2.24) is 4.90 Å². The van der Waals surface area contributed by atoms with Crippen molar-refractivity contribution >= 4 is 21.8 Å². The van der Waals surface area contributed by atoms with E-state index in [1.807, 2.05) is 0 Å². The van der Waals surface area contributed by atoms with Crippen molar-refractivity contribution < 1.29 is 4.79 Å². The standard InChI is InChI=1S/C13H21BrNO/c1-2-5-12(14)15-11-7-4-3-6-10(11)8-9-13(15)16/h10-12H,1-9H2. The Labute approximate surface area is 107 Å². The number of fused-ring (bicyclic) bond motifs is 1. The zero-order valence-corrected chi connectivity index (χ0v) is 11.4. The number of carbonyl (C=O) groups excluding carboxylic acids is 1. The van der Waals surface area contributed by atoms with Gasteiger partial charge in [-0.2, -0.15) is 0 Å². The van der Waals surface area contributed by atoms with Crippen LogP contribution in [0, 0.1) is 12.8 Å². The number of amides is 1. The molecule has 3 heteroatoms. The van der Waals surface area contributed by atoms with E-state index in [4.69, 9.17) is 0 Å². The van der Waals surface area contributed by atoms with E-state index in [0.29, 0.717) is 11.9 Å². The van der Waals surface area contributed by atoms with Gasteiger partial charge in [0.2, 0.25) is 5.91 Å². The minimum Gasteiger partial charge on any atom is -0.327 e. The van der Waals surface area contributed by atoms with Gasteiger partial charge in [0.1, 0.15) is 0 Å². The number of carbonyl (C=O) groups is 1. The molecule has 2 rings (SSSR count). The molecule has 1 heterocycles. The predicted octanol–water partition coefficient (Wildman–Crippen LogP) is 3.50. The predicted molar refractivity (Wildman–Crippen MR) is 69.1 cm³/mol. The van der Waals surface area contributed by atoms with E-state index >= 15 is 0 Å². The molecule has 2 aliphatic rings. The van der Waals surface area contributed by atoms with E-state index < -0.39 is 0 Å². The van der Waals surface area contributed by atoms with Gasteiger partial charge in [-0.3, -0.25) is 4.79 Å². The Balaban J connectivity index is 2.08. The summed E-state index contributed by atoms with van der Waals surface area (Å²) in [6.45, 7) is 3.88. The number of nitrogens with zero attached hydrogens (tertiary/aromatic N) is 1. The molecule has 0 bridgehead atoms. The third kappa shape index (κ3) is 2.44. The van der Waals surface area contributed by atoms with Gasteiger partial charge in [0, 0.05) is 12.5 Å². The summed E-state index contributed by atoms with van der Waals surface area (Å²) >= 11 is 3.67. The SMILES string of the molecule is [CH2]CCC(Br)N1C(=O)CCC2CCCCC21. The molecule has 3 unspecified atom stereocenters. The number of alkyl halides is 1. The highest BCUT2D eigenvalue weighted by molar-refractivity contribution is 9.09. The first kappa shape index (κ1) is 12.4. The summed E-state index contributed by atoms with van der Waals surface area (Å²) in [5, 5.41) is 0. The Morgan fingerprint density at radius 3 is 2.88 bits per heavy atom. The molecule has 2 nitrogen and oxygen atoms in total. The molecule has 0 N–H and O–H groups in total. The zero-order chi connectivity index (χ0) is 11.5. The van der Waals surface area contributed by atoms with Crippen molar-refractivity contribution in [3.63, 3.8) is 0 Å². The zero-order valence-electron chi connectivity index (χ0n) is 9.83. The molecule has 2 fully saturated rings. The van der Waals surface area contributed by atoms with Crippen LogP contribution in [0.4, 0.5) is 0 Å². The van der Waals surface area contributed by atoms with Crippen LogP contribution in [0.25, 0.3) is 0 Å². The first-order chi connectivity index (χ1) is 7.74. The van der Waals surface area contributed by atoms with Crippen molar-refractivity contribution in [3.8, 4) is 0 Å². The number of hydrogen-bond acceptors (Lipinski definition) is 1. The highest BCUT2D eigenvalue weighted by Crippen LogP contribution is 2.38. The van der Waals surface area contributed by atoms with Gasteiger partial charge in [-0.15, -0.1) is 0 Å². The molecule has 1 saturated heterocycles. The molecule has 1 amide bonds. The molecule has 0 aromatic carbocycles. The Morgan fingerprint density at radius 1 is 1.38 bits per heavy atom. The van der Waals surface area contributed by atoms with Crippen molar-refractivity contribution in [1.29, 1.82) is 0 Å². The van der Waals surface area contributed by atoms with Gasteiger partial charge in [0.15, 0.2) is 0 Å². The topological polar surface area (TPSA) is 20.3 Å². The van der Waals surface area contributed by atoms with Gasteiger partial charge in [-0.05, 0) is 31.6 Å². The van der Waals surface area contributed by atoms with E-state index in [1.54, 1.807) is 0 Å². The van der Waals surface area contributed by atoms with E-state index in [0.717, 1.165) is 31.6 Å². The van der Waals surface area contributed by atoms with E-state index in [1.165, 1.54) is 25.7 Å². The molecule has 1 aliphatic heterocycles. The molecule has 1 aliphatic carbocycles. The molecule has 0 aromatic heterocycles. The molecule has 1 saturated carbocycles. The van der Waals surface area contributed by atoms with Gasteiger partial charge in [-0.1, -0.05) is 42.1 Å². The Hall–Kier alpha value is -0.0500. The lowest BCUT2D eigenvalue weighted by molar-refractivity contribution is -0.141. The maximum absolute atomic E-state index is 12.0. The van der Waals surface area contributed by atoms with Crippen LogP contribution in [0.2, 0.25) is 0 Å². The number of piperidine rings is 1. The highest BCUT2D eigenvalue weighted by Gasteiger charge is 2.39. The second-order valence-electron chi connectivity index (χ2n) is 5.03. The molecule has 1 radical (unpaired) electrons. The van der Waals surface area contributed by atoms with Gasteiger partial charge in [-0.25, -0.2) is 0 Å². The second kappa shape index (κ2) is 5.52. The summed E-state index contributed by atoms with van der Waals surface area (Å²) in [6.07, 6.45) is 8.88. The molecule has 91 valence electrons. The first-order valence-corrected chi connectivity index (χ1v) is 7.40. The van der Waals surface area contributed by atoms with E-state index in [-0.39, 0.29) is 4.95 Å². The summed E-state index contributed by atoms with van der Waals surface area (Å²) in [4.78, 5) is 14.4. The average molecular weight is 287 g/mol. The minimum atomic E-state index is 0.211. The quantitative estimate of drug-likeness (QED) is 0.574. The monoisotopic (exact) mass is 286 g/mol. The van der Waals surface area contributed by atoms with Crippen LogP contribution in [0.3, 0.4) is 0 Å². The third-order valence-electron chi connectivity index (χ3n) is 3.99. The molecule has 3 atom stereocenters. The molecule has 16 heavy (non-hydrogen) atoms. The molecular weight excluding hydrogens is 266 g/mol. The summed E-state index contributed by atoms with van der Waals surface area (Å²) in [5.41, 5.74) is 0. The smallest absolute Gasteiger partial charge is 0.223 e. The van der Waals surface area contributed by atoms with Gasteiger partial charge >= 0.3 is 0 Å². The highest BCUT2D eigenvalue weighted by atomic mass is 79.9. The van der Waals surface area contributed by atoms with E-state index in [9.17, 15) is 4.79 Å². The Morgan fingerprint density at radius 2 is 2.12 bits per heavy atom. The van der Waals surface area contributed by atoms with Crippen molar-refractivity contribution in [2.75, 3.05) is 0 Å². The largest absolute Gasteiger partial charge is 0.327 e. The van der Waals surface area contributed by atoms with Crippen LogP contribution in [0.1, 0.15) is 51.4 Å². The number of halogens is 1. The maximum Gasteiger partial charge on any atom is 0.223 e. The van der Waals surface area contributed by atoms with E-state index in [2.05, 4.69) is 27.8 Å². The second-order valence-corrected chi connectivity index (χ2v) is 6.09. The Bertz CT molecular complexity index is 256. The summed E-state index contributed by atoms with van der Waals surface area (Å²) in [6, 6.07) is 0.505. The van der Waals surface area contributed by atoms with Crippen LogP contribution in [-0.4, -0.2) is 21.8 Å². The van der Waals surface area contributed by atoms with Crippen LogP contribution in [-0.2, 0) is 4.79 Å². The lowest BCUT2D eigenvalue weighted by Gasteiger charge is -2.46. The fourth-order valence-corrected chi connectivity index (χ4v) is 4.04. The van der Waals surface area contributed by atoms with Crippen LogP contribution < -0.4 is 0 Å². The lowest BCUT2D eigenvalue weighted by atomic mass is 9.78. The fraction of sp³-hybridized carbons (Fsp3) is 0.846. The average Bonchev–Trinajstić information content (AvgIpc) is 2.29. The van der Waals surface area contributed by atoms with Crippen LogP contribution in [0.15, 0.2) is 0 Å². The third-order valence-corrected chi connectivity index (χ3v) is 4.89. The van der Waals surface area contributed by atoms with Crippen molar-refractivity contribution in [2.24, 2.45) is 5.92 Å². The first-order valence-electron chi connectivity index (χ1n) is 6.48. The number of likely N-dealkylation sites (tertiary alicyclic amines) is 1. The van der Waals surface area contributed by atoms with Gasteiger partial charge in [0.05, 0.1) is 4.95 Å². The molecule has 0 spiro atoms. The fourth-order valence-electron chi connectivity index (χ4n) is 3.19.